The van der Waals surface area contributed by atoms with Gasteiger partial charge in [0.1, 0.15) is 0 Å². The standard InChI is InChI=1S/C30H34Cl2N4O3/c1-19(37)35-13-9-20(10-14-35)30(39)36-15-11-28(24(18-36)21-4-6-25(31)26(32)17-21)34(3)29(38)23-5-7-27-22(16-23)8-12-33(27)2/h4-8,12,16-17,20,24,28H,9-11,13-15,18H2,1-3H3/t24-,28+/m0/s1. The normalized spacial score (nSPS) is 20.3. The molecular formula is C30H34Cl2N4O3. The van der Waals surface area contributed by atoms with Crippen LogP contribution in [-0.2, 0) is 16.6 Å². The lowest BCUT2D eigenvalue weighted by Crippen LogP contribution is -2.53. The third kappa shape index (κ3) is 5.52. The van der Waals surface area contributed by atoms with E-state index in [0.29, 0.717) is 61.1 Å². The van der Waals surface area contributed by atoms with Crippen LogP contribution in [0.2, 0.25) is 10.0 Å². The second-order valence-electron chi connectivity index (χ2n) is 10.8. The number of likely N-dealkylation sites (N-methyl/N-ethyl adjacent to an activating group) is 1. The van der Waals surface area contributed by atoms with Gasteiger partial charge in [-0.15, -0.1) is 0 Å². The van der Waals surface area contributed by atoms with Crippen molar-refractivity contribution in [1.82, 2.24) is 19.3 Å². The van der Waals surface area contributed by atoms with Crippen LogP contribution in [-0.4, -0.2) is 76.3 Å². The summed E-state index contributed by atoms with van der Waals surface area (Å²) >= 11 is 12.6. The average Bonchev–Trinajstić information content (AvgIpc) is 3.32. The zero-order valence-corrected chi connectivity index (χ0v) is 24.1. The van der Waals surface area contributed by atoms with Gasteiger partial charge in [-0.2, -0.15) is 0 Å². The van der Waals surface area contributed by atoms with Gasteiger partial charge >= 0.3 is 0 Å². The number of nitrogens with zero attached hydrogens (tertiary/aromatic N) is 4. The quantitative estimate of drug-likeness (QED) is 0.434. The summed E-state index contributed by atoms with van der Waals surface area (Å²) in [4.78, 5) is 44.6. The van der Waals surface area contributed by atoms with Crippen LogP contribution in [0.5, 0.6) is 0 Å². The molecule has 3 heterocycles. The van der Waals surface area contributed by atoms with Crippen LogP contribution in [0, 0.1) is 5.92 Å². The minimum Gasteiger partial charge on any atom is -0.351 e. The molecule has 2 fully saturated rings. The van der Waals surface area contributed by atoms with Gasteiger partial charge in [-0.3, -0.25) is 14.4 Å². The number of halogens is 2. The molecule has 2 aliphatic heterocycles. The molecule has 0 bridgehead atoms. The van der Waals surface area contributed by atoms with Crippen molar-refractivity contribution in [3.63, 3.8) is 0 Å². The van der Waals surface area contributed by atoms with Crippen LogP contribution in [0.4, 0.5) is 0 Å². The van der Waals surface area contributed by atoms with E-state index in [2.05, 4.69) is 0 Å². The number of likely N-dealkylation sites (tertiary alicyclic amines) is 2. The predicted octanol–water partition coefficient (Wildman–Crippen LogP) is 5.20. The highest BCUT2D eigenvalue weighted by molar-refractivity contribution is 6.42. The number of carbonyl (C=O) groups is 3. The summed E-state index contributed by atoms with van der Waals surface area (Å²) in [6, 6.07) is 13.3. The monoisotopic (exact) mass is 568 g/mol. The molecule has 0 unspecified atom stereocenters. The van der Waals surface area contributed by atoms with E-state index >= 15 is 0 Å². The molecule has 2 aliphatic rings. The number of aromatic nitrogens is 1. The van der Waals surface area contributed by atoms with Crippen molar-refractivity contribution in [2.45, 2.75) is 38.1 Å². The topological polar surface area (TPSA) is 65.9 Å². The zero-order valence-electron chi connectivity index (χ0n) is 22.6. The number of carbonyl (C=O) groups excluding carboxylic acids is 3. The first-order valence-corrected chi connectivity index (χ1v) is 14.2. The number of piperidine rings is 2. The van der Waals surface area contributed by atoms with Crippen LogP contribution in [0.25, 0.3) is 10.9 Å². The first-order chi connectivity index (χ1) is 18.6. The fourth-order valence-electron chi connectivity index (χ4n) is 6.14. The zero-order chi connectivity index (χ0) is 27.8. The molecule has 9 heteroatoms. The maximum absolute atomic E-state index is 13.7. The Hall–Kier alpha value is -3.03. The molecule has 2 atom stereocenters. The molecule has 0 aliphatic carbocycles. The van der Waals surface area contributed by atoms with Crippen molar-refractivity contribution in [3.05, 3.63) is 69.8 Å². The molecule has 0 saturated carbocycles. The average molecular weight is 570 g/mol. The van der Waals surface area contributed by atoms with E-state index in [1.54, 1.807) is 13.0 Å². The highest BCUT2D eigenvalue weighted by Crippen LogP contribution is 2.36. The van der Waals surface area contributed by atoms with Crippen LogP contribution >= 0.6 is 23.2 Å². The molecule has 3 amide bonds. The summed E-state index contributed by atoms with van der Waals surface area (Å²) in [6.45, 7) is 3.86. The Kier molecular flexibility index (Phi) is 7.92. The number of amides is 3. The van der Waals surface area contributed by atoms with E-state index in [9.17, 15) is 14.4 Å². The largest absolute Gasteiger partial charge is 0.351 e. The SMILES string of the molecule is CC(=O)N1CCC(C(=O)N2CC[C@@H](N(C)C(=O)c3ccc4c(ccn4C)c3)[C@H](c3ccc(Cl)c(Cl)c3)C2)CC1. The maximum atomic E-state index is 13.7. The number of hydrogen-bond acceptors (Lipinski definition) is 3. The Labute approximate surface area is 239 Å². The fraction of sp³-hybridized carbons (Fsp3) is 0.433. The first-order valence-electron chi connectivity index (χ1n) is 13.5. The molecule has 2 aromatic carbocycles. The first kappa shape index (κ1) is 27.5. The number of fused-ring (bicyclic) bond motifs is 1. The number of hydrogen-bond donors (Lipinski definition) is 0. The molecule has 0 N–H and O–H groups in total. The second-order valence-corrected chi connectivity index (χ2v) is 11.6. The molecule has 2 saturated heterocycles. The molecule has 0 radical (unpaired) electrons. The smallest absolute Gasteiger partial charge is 0.253 e. The molecule has 206 valence electrons. The lowest BCUT2D eigenvalue weighted by atomic mass is 9.83. The minimum absolute atomic E-state index is 0.0489. The molecule has 39 heavy (non-hydrogen) atoms. The van der Waals surface area contributed by atoms with Crippen LogP contribution < -0.4 is 0 Å². The Morgan fingerprint density at radius 1 is 0.897 bits per heavy atom. The van der Waals surface area contributed by atoms with E-state index in [1.165, 1.54) is 0 Å². The van der Waals surface area contributed by atoms with E-state index in [1.807, 2.05) is 76.0 Å². The second kappa shape index (κ2) is 11.2. The van der Waals surface area contributed by atoms with Gasteiger partial charge in [0.25, 0.3) is 5.91 Å². The Morgan fingerprint density at radius 3 is 2.31 bits per heavy atom. The maximum Gasteiger partial charge on any atom is 0.253 e. The third-order valence-electron chi connectivity index (χ3n) is 8.50. The molecule has 1 aromatic heterocycles. The predicted molar refractivity (Wildman–Crippen MR) is 154 cm³/mol. The van der Waals surface area contributed by atoms with Crippen LogP contribution in [0.1, 0.15) is 48.0 Å². The van der Waals surface area contributed by atoms with Crippen LogP contribution in [0.15, 0.2) is 48.7 Å². The van der Waals surface area contributed by atoms with E-state index in [0.717, 1.165) is 16.5 Å². The van der Waals surface area contributed by atoms with Crippen molar-refractivity contribution in [1.29, 1.82) is 0 Å². The van der Waals surface area contributed by atoms with Gasteiger partial charge in [-0.25, -0.2) is 0 Å². The van der Waals surface area contributed by atoms with Gasteiger partial charge in [-0.1, -0.05) is 29.3 Å². The molecule has 5 rings (SSSR count). The Morgan fingerprint density at radius 2 is 1.62 bits per heavy atom. The van der Waals surface area contributed by atoms with Crippen molar-refractivity contribution < 1.29 is 14.4 Å². The summed E-state index contributed by atoms with van der Waals surface area (Å²) < 4.78 is 2.03. The fourth-order valence-corrected chi connectivity index (χ4v) is 6.45. The number of benzene rings is 2. The van der Waals surface area contributed by atoms with Gasteiger partial charge in [0, 0.05) is 87.7 Å². The summed E-state index contributed by atoms with van der Waals surface area (Å²) in [5, 5.41) is 1.95. The highest BCUT2D eigenvalue weighted by Gasteiger charge is 2.39. The van der Waals surface area contributed by atoms with Crippen molar-refractivity contribution in [3.8, 4) is 0 Å². The Bertz CT molecular complexity index is 1410. The van der Waals surface area contributed by atoms with E-state index in [4.69, 9.17) is 23.2 Å². The molecular weight excluding hydrogens is 535 g/mol. The van der Waals surface area contributed by atoms with E-state index < -0.39 is 0 Å². The minimum atomic E-state index is -0.121. The summed E-state index contributed by atoms with van der Waals surface area (Å²) in [6.07, 6.45) is 3.99. The van der Waals surface area contributed by atoms with Gasteiger partial charge in [0.15, 0.2) is 0 Å². The number of aryl methyl sites for hydroxylation is 1. The van der Waals surface area contributed by atoms with Gasteiger partial charge < -0.3 is 19.3 Å². The molecule has 0 spiro atoms. The number of rotatable bonds is 4. The van der Waals surface area contributed by atoms with Gasteiger partial charge in [-0.05, 0) is 61.2 Å². The summed E-state index contributed by atoms with van der Waals surface area (Å²) in [5.41, 5.74) is 2.67. The van der Waals surface area contributed by atoms with Gasteiger partial charge in [0.2, 0.25) is 11.8 Å². The summed E-state index contributed by atoms with van der Waals surface area (Å²) in [5.74, 6) is -0.0781. The molecule has 7 nitrogen and oxygen atoms in total. The van der Waals surface area contributed by atoms with Crippen molar-refractivity contribution in [2.75, 3.05) is 33.2 Å². The van der Waals surface area contributed by atoms with Gasteiger partial charge in [0.05, 0.1) is 10.0 Å². The Balaban J connectivity index is 1.38. The summed E-state index contributed by atoms with van der Waals surface area (Å²) in [7, 11) is 3.83. The lowest BCUT2D eigenvalue weighted by molar-refractivity contribution is -0.141. The van der Waals surface area contributed by atoms with Crippen LogP contribution in [0.3, 0.4) is 0 Å². The highest BCUT2D eigenvalue weighted by atomic mass is 35.5. The molecule has 3 aromatic rings. The van der Waals surface area contributed by atoms with Crippen molar-refractivity contribution >= 4 is 51.8 Å². The third-order valence-corrected chi connectivity index (χ3v) is 9.24. The van der Waals surface area contributed by atoms with E-state index in [-0.39, 0.29) is 35.6 Å². The van der Waals surface area contributed by atoms with Crippen molar-refractivity contribution in [2.24, 2.45) is 13.0 Å². The lowest BCUT2D eigenvalue weighted by Gasteiger charge is -2.44.